The van der Waals surface area contributed by atoms with E-state index in [1.807, 2.05) is 0 Å². The van der Waals surface area contributed by atoms with E-state index in [1.165, 1.54) is 15.6 Å². The summed E-state index contributed by atoms with van der Waals surface area (Å²) >= 11 is 6.90. The average molecular weight is 317 g/mol. The molecule has 0 aromatic carbocycles. The molecular weight excluding hydrogens is 304 g/mol. The normalized spacial score (nSPS) is 11.9. The first kappa shape index (κ1) is 14.5. The van der Waals surface area contributed by atoms with Gasteiger partial charge < -0.3 is 0 Å². The first-order valence-electron chi connectivity index (χ1n) is 5.54. The van der Waals surface area contributed by atoms with Gasteiger partial charge >= 0.3 is 0 Å². The molecule has 0 fully saturated rings. The zero-order valence-electron chi connectivity index (χ0n) is 10.3. The highest BCUT2D eigenvalue weighted by Crippen LogP contribution is 2.26. The molecule has 2 aromatic heterocycles. The van der Waals surface area contributed by atoms with Crippen molar-refractivity contribution in [2.45, 2.75) is 16.6 Å². The maximum Gasteiger partial charge on any atom is 0.252 e. The smallest absolute Gasteiger partial charge is 0.252 e. The van der Waals surface area contributed by atoms with Gasteiger partial charge in [-0.2, -0.15) is 4.31 Å². The molecule has 0 radical (unpaired) electrons. The predicted molar refractivity (Wildman–Crippen MR) is 76.8 cm³/mol. The van der Waals surface area contributed by atoms with Crippen molar-refractivity contribution in [2.75, 3.05) is 7.05 Å². The first-order valence-corrected chi connectivity index (χ1v) is 8.33. The van der Waals surface area contributed by atoms with Gasteiger partial charge in [-0.25, -0.2) is 8.42 Å². The molecule has 0 aliphatic carbocycles. The minimum Gasteiger partial charge on any atom is -0.265 e. The summed E-state index contributed by atoms with van der Waals surface area (Å²) in [4.78, 5) is 4.75. The highest BCUT2D eigenvalue weighted by molar-refractivity contribution is 7.91. The molecule has 0 atom stereocenters. The van der Waals surface area contributed by atoms with Crippen molar-refractivity contribution < 1.29 is 8.42 Å². The van der Waals surface area contributed by atoms with Gasteiger partial charge in [0, 0.05) is 30.9 Å². The lowest BCUT2D eigenvalue weighted by Crippen LogP contribution is -2.25. The Balaban J connectivity index is 2.19. The number of hydrogen-bond donors (Lipinski definition) is 0. The van der Waals surface area contributed by atoms with Crippen LogP contribution in [0.3, 0.4) is 0 Å². The van der Waals surface area contributed by atoms with Crippen LogP contribution in [0.2, 0.25) is 0 Å². The molecule has 0 aliphatic rings. The summed E-state index contributed by atoms with van der Waals surface area (Å²) < 4.78 is 26.3. The lowest BCUT2D eigenvalue weighted by atomic mass is 10.3. The first-order chi connectivity index (χ1) is 9.04. The third kappa shape index (κ3) is 3.33. The number of halogens is 1. The number of aromatic nitrogens is 1. The standard InChI is InChI=1S/C12H13ClN2O2S2/c1-15(9-10-4-6-14-7-5-10)19(16,17)12-3-2-11(8-13)18-12/h2-7H,8-9H2,1H3. The van der Waals surface area contributed by atoms with Crippen molar-refractivity contribution in [3.63, 3.8) is 0 Å². The molecule has 102 valence electrons. The van der Waals surface area contributed by atoms with Crippen LogP contribution in [-0.4, -0.2) is 24.8 Å². The summed E-state index contributed by atoms with van der Waals surface area (Å²) in [7, 11) is -1.89. The molecule has 2 heterocycles. The Morgan fingerprint density at radius 1 is 1.26 bits per heavy atom. The molecule has 0 N–H and O–H groups in total. The van der Waals surface area contributed by atoms with Crippen LogP contribution in [0.15, 0.2) is 40.9 Å². The van der Waals surface area contributed by atoms with Crippen molar-refractivity contribution in [2.24, 2.45) is 0 Å². The topological polar surface area (TPSA) is 50.3 Å². The van der Waals surface area contributed by atoms with Crippen LogP contribution < -0.4 is 0 Å². The van der Waals surface area contributed by atoms with E-state index in [0.717, 1.165) is 10.4 Å². The summed E-state index contributed by atoms with van der Waals surface area (Å²) in [5, 5.41) is 0. The van der Waals surface area contributed by atoms with Crippen molar-refractivity contribution in [1.29, 1.82) is 0 Å². The maximum absolute atomic E-state index is 12.3. The summed E-state index contributed by atoms with van der Waals surface area (Å²) in [5.74, 6) is 0.328. The molecule has 7 heteroatoms. The summed E-state index contributed by atoms with van der Waals surface area (Å²) in [6, 6.07) is 6.93. The number of pyridine rings is 1. The second kappa shape index (κ2) is 6.00. The van der Waals surface area contributed by atoms with E-state index in [9.17, 15) is 8.42 Å². The van der Waals surface area contributed by atoms with E-state index in [1.54, 1.807) is 43.7 Å². The second-order valence-corrected chi connectivity index (χ2v) is 7.68. The minimum absolute atomic E-state index is 0.318. The summed E-state index contributed by atoms with van der Waals surface area (Å²) in [6.45, 7) is 0.318. The number of sulfonamides is 1. The van der Waals surface area contributed by atoms with E-state index in [4.69, 9.17) is 11.6 Å². The van der Waals surface area contributed by atoms with Crippen molar-refractivity contribution in [3.8, 4) is 0 Å². The molecule has 0 saturated carbocycles. The molecule has 0 bridgehead atoms. The molecule has 0 unspecified atom stereocenters. The van der Waals surface area contributed by atoms with E-state index < -0.39 is 10.0 Å². The third-order valence-electron chi connectivity index (χ3n) is 2.59. The minimum atomic E-state index is -3.45. The predicted octanol–water partition coefficient (Wildman–Crippen LogP) is 2.70. The van der Waals surface area contributed by atoms with Gasteiger partial charge in [-0.15, -0.1) is 22.9 Å². The van der Waals surface area contributed by atoms with Crippen LogP contribution in [0.25, 0.3) is 0 Å². The van der Waals surface area contributed by atoms with Crippen LogP contribution in [0.4, 0.5) is 0 Å². The van der Waals surface area contributed by atoms with E-state index in [2.05, 4.69) is 4.98 Å². The fourth-order valence-electron chi connectivity index (χ4n) is 1.55. The van der Waals surface area contributed by atoms with Crippen LogP contribution in [0.1, 0.15) is 10.4 Å². The van der Waals surface area contributed by atoms with Gasteiger partial charge in [0.05, 0.1) is 5.88 Å². The Morgan fingerprint density at radius 2 is 1.95 bits per heavy atom. The Hall–Kier alpha value is -0.950. The SMILES string of the molecule is CN(Cc1ccncc1)S(=O)(=O)c1ccc(CCl)s1. The lowest BCUT2D eigenvalue weighted by Gasteiger charge is -2.15. The molecule has 0 amide bonds. The van der Waals surface area contributed by atoms with E-state index in [-0.39, 0.29) is 0 Å². The Bertz CT molecular complexity index is 641. The molecule has 2 aromatic rings. The number of thiophene rings is 1. The maximum atomic E-state index is 12.3. The summed E-state index contributed by atoms with van der Waals surface area (Å²) in [6.07, 6.45) is 3.29. The quantitative estimate of drug-likeness (QED) is 0.797. The second-order valence-electron chi connectivity index (χ2n) is 3.97. The van der Waals surface area contributed by atoms with Crippen LogP contribution in [-0.2, 0) is 22.4 Å². The van der Waals surface area contributed by atoms with Gasteiger partial charge in [0.1, 0.15) is 4.21 Å². The fourth-order valence-corrected chi connectivity index (χ4v) is 4.38. The Morgan fingerprint density at radius 3 is 2.53 bits per heavy atom. The zero-order valence-corrected chi connectivity index (χ0v) is 12.7. The van der Waals surface area contributed by atoms with Crippen molar-refractivity contribution in [1.82, 2.24) is 9.29 Å². The average Bonchev–Trinajstić information content (AvgIpc) is 2.89. The summed E-state index contributed by atoms with van der Waals surface area (Å²) in [5.41, 5.74) is 0.898. The number of rotatable bonds is 5. The van der Waals surface area contributed by atoms with E-state index in [0.29, 0.717) is 16.6 Å². The zero-order chi connectivity index (χ0) is 13.9. The number of hydrogen-bond acceptors (Lipinski definition) is 4. The monoisotopic (exact) mass is 316 g/mol. The number of nitrogens with zero attached hydrogens (tertiary/aromatic N) is 2. The van der Waals surface area contributed by atoms with Crippen LogP contribution in [0.5, 0.6) is 0 Å². The fraction of sp³-hybridized carbons (Fsp3) is 0.250. The number of alkyl halides is 1. The van der Waals surface area contributed by atoms with Gasteiger partial charge in [0.2, 0.25) is 0 Å². The van der Waals surface area contributed by atoms with Crippen LogP contribution in [0, 0.1) is 0 Å². The van der Waals surface area contributed by atoms with E-state index >= 15 is 0 Å². The molecular formula is C12H13ClN2O2S2. The Kier molecular flexibility index (Phi) is 4.57. The highest BCUT2D eigenvalue weighted by Gasteiger charge is 2.22. The largest absolute Gasteiger partial charge is 0.265 e. The van der Waals surface area contributed by atoms with Gasteiger partial charge in [0.15, 0.2) is 0 Å². The Labute approximate surface area is 121 Å². The van der Waals surface area contributed by atoms with Crippen molar-refractivity contribution >= 4 is 33.0 Å². The molecule has 19 heavy (non-hydrogen) atoms. The van der Waals surface area contributed by atoms with Crippen LogP contribution >= 0.6 is 22.9 Å². The molecule has 2 rings (SSSR count). The van der Waals surface area contributed by atoms with Gasteiger partial charge in [-0.1, -0.05) is 0 Å². The van der Waals surface area contributed by atoms with Crippen molar-refractivity contribution in [3.05, 3.63) is 47.1 Å². The molecule has 0 saturated heterocycles. The lowest BCUT2D eigenvalue weighted by molar-refractivity contribution is 0.468. The molecule has 0 spiro atoms. The van der Waals surface area contributed by atoms with Gasteiger partial charge in [0.25, 0.3) is 10.0 Å². The molecule has 0 aliphatic heterocycles. The molecule has 4 nitrogen and oxygen atoms in total. The highest BCUT2D eigenvalue weighted by atomic mass is 35.5. The van der Waals surface area contributed by atoms with Gasteiger partial charge in [-0.3, -0.25) is 4.98 Å². The third-order valence-corrected chi connectivity index (χ3v) is 6.39. The van der Waals surface area contributed by atoms with Gasteiger partial charge in [-0.05, 0) is 29.8 Å².